The van der Waals surface area contributed by atoms with Gasteiger partial charge in [0.15, 0.2) is 0 Å². The van der Waals surface area contributed by atoms with Gasteiger partial charge in [0.2, 0.25) is 0 Å². The van der Waals surface area contributed by atoms with E-state index < -0.39 is 0 Å². The van der Waals surface area contributed by atoms with Gasteiger partial charge in [-0.2, -0.15) is 11.8 Å². The van der Waals surface area contributed by atoms with Gasteiger partial charge in [-0.05, 0) is 24.0 Å². The molecule has 0 heterocycles. The molecule has 0 spiro atoms. The number of benzene rings is 1. The Bertz CT molecular complexity index is 314. The highest BCUT2D eigenvalue weighted by molar-refractivity contribution is 7.99. The van der Waals surface area contributed by atoms with Gasteiger partial charge in [-0.3, -0.25) is 0 Å². The molecule has 1 nitrogen and oxygen atoms in total. The van der Waals surface area contributed by atoms with Crippen LogP contribution in [-0.2, 0) is 0 Å². The van der Waals surface area contributed by atoms with E-state index in [1.807, 2.05) is 36.0 Å². The molecule has 0 radical (unpaired) electrons. The van der Waals surface area contributed by atoms with Crippen LogP contribution in [0.15, 0.2) is 24.3 Å². The van der Waals surface area contributed by atoms with Crippen LogP contribution in [0.5, 0.6) is 0 Å². The van der Waals surface area contributed by atoms with Gasteiger partial charge in [0.1, 0.15) is 0 Å². The van der Waals surface area contributed by atoms with E-state index in [9.17, 15) is 0 Å². The van der Waals surface area contributed by atoms with E-state index in [0.717, 1.165) is 23.5 Å². The molecule has 14 heavy (non-hydrogen) atoms. The zero-order valence-electron chi connectivity index (χ0n) is 8.42. The molecule has 0 aliphatic heterocycles. The highest BCUT2D eigenvalue weighted by Crippen LogP contribution is 2.09. The summed E-state index contributed by atoms with van der Waals surface area (Å²) < 4.78 is 0. The van der Waals surface area contributed by atoms with Crippen molar-refractivity contribution in [3.63, 3.8) is 0 Å². The lowest BCUT2D eigenvalue weighted by atomic mass is 10.2. The second-order valence-corrected chi connectivity index (χ2v) is 4.24. The topological polar surface area (TPSA) is 12.0 Å². The second-order valence-electron chi connectivity index (χ2n) is 2.85. The van der Waals surface area contributed by atoms with Crippen LogP contribution in [-0.4, -0.2) is 18.1 Å². The minimum absolute atomic E-state index is 0.929. The molecule has 0 aromatic heterocycles. The summed E-state index contributed by atoms with van der Waals surface area (Å²) in [5, 5.41) is 3.34. The fourth-order valence-corrected chi connectivity index (χ4v) is 1.67. The number of hydrogen-bond acceptors (Lipinski definition) is 2. The standard InChI is InChI=1S/C12H15NS/c1-3-11-6-5-7-12(10-11)13-8-9-14-4-2/h1,5-7,10,13H,4,8-9H2,2H3. The fourth-order valence-electron chi connectivity index (χ4n) is 1.13. The van der Waals surface area contributed by atoms with Crippen molar-refractivity contribution in [1.82, 2.24) is 0 Å². The summed E-state index contributed by atoms with van der Waals surface area (Å²) in [4.78, 5) is 0. The van der Waals surface area contributed by atoms with Gasteiger partial charge >= 0.3 is 0 Å². The first kappa shape index (κ1) is 11.0. The summed E-state index contributed by atoms with van der Waals surface area (Å²) in [6.07, 6.45) is 5.31. The maximum Gasteiger partial charge on any atom is 0.0352 e. The molecule has 0 saturated heterocycles. The van der Waals surface area contributed by atoms with Crippen molar-refractivity contribution in [2.24, 2.45) is 0 Å². The number of thioether (sulfide) groups is 1. The summed E-state index contributed by atoms with van der Waals surface area (Å²) in [6, 6.07) is 7.95. The van der Waals surface area contributed by atoms with Crippen molar-refractivity contribution in [2.45, 2.75) is 6.92 Å². The highest BCUT2D eigenvalue weighted by Gasteiger charge is 1.92. The Hall–Kier alpha value is -1.07. The Balaban J connectivity index is 2.39. The van der Waals surface area contributed by atoms with E-state index in [-0.39, 0.29) is 0 Å². The van der Waals surface area contributed by atoms with Gasteiger partial charge in [-0.1, -0.05) is 18.9 Å². The number of terminal acetylenes is 1. The molecular weight excluding hydrogens is 190 g/mol. The lowest BCUT2D eigenvalue weighted by Gasteiger charge is -2.05. The highest BCUT2D eigenvalue weighted by atomic mass is 32.2. The van der Waals surface area contributed by atoms with Gasteiger partial charge in [0.25, 0.3) is 0 Å². The Morgan fingerprint density at radius 1 is 1.50 bits per heavy atom. The minimum atomic E-state index is 0.929. The molecule has 74 valence electrons. The van der Waals surface area contributed by atoms with Crippen molar-refractivity contribution < 1.29 is 0 Å². The number of hydrogen-bond donors (Lipinski definition) is 1. The average Bonchev–Trinajstić information content (AvgIpc) is 2.25. The molecule has 2 heteroatoms. The molecule has 0 bridgehead atoms. The van der Waals surface area contributed by atoms with E-state index in [1.54, 1.807) is 0 Å². The Labute approximate surface area is 90.3 Å². The van der Waals surface area contributed by atoms with Crippen LogP contribution < -0.4 is 5.32 Å². The largest absolute Gasteiger partial charge is 0.384 e. The summed E-state index contributed by atoms with van der Waals surface area (Å²) in [7, 11) is 0. The lowest BCUT2D eigenvalue weighted by Crippen LogP contribution is -2.04. The number of rotatable bonds is 5. The van der Waals surface area contributed by atoms with E-state index in [1.165, 1.54) is 5.75 Å². The molecular formula is C12H15NS. The smallest absolute Gasteiger partial charge is 0.0352 e. The van der Waals surface area contributed by atoms with Crippen molar-refractivity contribution in [3.05, 3.63) is 29.8 Å². The van der Waals surface area contributed by atoms with Crippen LogP contribution in [0, 0.1) is 12.3 Å². The Morgan fingerprint density at radius 2 is 2.36 bits per heavy atom. The molecule has 0 aliphatic rings. The molecule has 0 aliphatic carbocycles. The van der Waals surface area contributed by atoms with Crippen LogP contribution in [0.25, 0.3) is 0 Å². The Morgan fingerprint density at radius 3 is 3.07 bits per heavy atom. The third kappa shape index (κ3) is 3.76. The predicted octanol–water partition coefficient (Wildman–Crippen LogP) is 2.83. The van der Waals surface area contributed by atoms with Gasteiger partial charge in [0, 0.05) is 23.5 Å². The van der Waals surface area contributed by atoms with E-state index in [0.29, 0.717) is 0 Å². The number of nitrogens with one attached hydrogen (secondary N) is 1. The monoisotopic (exact) mass is 205 g/mol. The first-order valence-corrected chi connectivity index (χ1v) is 5.90. The zero-order valence-corrected chi connectivity index (χ0v) is 9.23. The van der Waals surface area contributed by atoms with Crippen LogP contribution in [0.3, 0.4) is 0 Å². The summed E-state index contributed by atoms with van der Waals surface area (Å²) >= 11 is 1.93. The predicted molar refractivity (Wildman–Crippen MR) is 65.9 cm³/mol. The lowest BCUT2D eigenvalue weighted by molar-refractivity contribution is 1.22. The van der Waals surface area contributed by atoms with Gasteiger partial charge < -0.3 is 5.32 Å². The second kappa shape index (κ2) is 6.39. The van der Waals surface area contributed by atoms with Crippen molar-refractivity contribution in [3.8, 4) is 12.3 Å². The third-order valence-corrected chi connectivity index (χ3v) is 2.71. The third-order valence-electron chi connectivity index (χ3n) is 1.81. The summed E-state index contributed by atoms with van der Waals surface area (Å²) in [5.74, 6) is 4.93. The molecule has 1 aromatic rings. The molecule has 0 unspecified atom stereocenters. The Kier molecular flexibility index (Phi) is 5.03. The van der Waals surface area contributed by atoms with Crippen LogP contribution in [0.1, 0.15) is 12.5 Å². The maximum atomic E-state index is 5.31. The quantitative estimate of drug-likeness (QED) is 0.586. The fraction of sp³-hybridized carbons (Fsp3) is 0.333. The van der Waals surface area contributed by atoms with E-state index in [4.69, 9.17) is 6.42 Å². The van der Waals surface area contributed by atoms with E-state index >= 15 is 0 Å². The molecule has 1 N–H and O–H groups in total. The van der Waals surface area contributed by atoms with Crippen molar-refractivity contribution in [2.75, 3.05) is 23.4 Å². The molecule has 0 saturated carbocycles. The molecule has 0 fully saturated rings. The summed E-state index contributed by atoms with van der Waals surface area (Å²) in [5.41, 5.74) is 2.04. The van der Waals surface area contributed by atoms with Crippen molar-refractivity contribution in [1.29, 1.82) is 0 Å². The molecule has 1 aromatic carbocycles. The van der Waals surface area contributed by atoms with E-state index in [2.05, 4.69) is 18.2 Å². The normalized spacial score (nSPS) is 9.43. The molecule has 1 rings (SSSR count). The molecule has 0 atom stereocenters. The minimum Gasteiger partial charge on any atom is -0.384 e. The van der Waals surface area contributed by atoms with Gasteiger partial charge in [0.05, 0.1) is 0 Å². The van der Waals surface area contributed by atoms with Crippen LogP contribution in [0.2, 0.25) is 0 Å². The summed E-state index contributed by atoms with van der Waals surface area (Å²) in [6.45, 7) is 3.16. The SMILES string of the molecule is C#Cc1cccc(NCCSCC)c1. The van der Waals surface area contributed by atoms with Gasteiger partial charge in [-0.25, -0.2) is 0 Å². The first-order chi connectivity index (χ1) is 6.86. The maximum absolute atomic E-state index is 5.31. The van der Waals surface area contributed by atoms with Crippen LogP contribution in [0.4, 0.5) is 5.69 Å². The zero-order chi connectivity index (χ0) is 10.2. The average molecular weight is 205 g/mol. The number of anilines is 1. The van der Waals surface area contributed by atoms with Crippen LogP contribution >= 0.6 is 11.8 Å². The molecule has 0 amide bonds. The van der Waals surface area contributed by atoms with Crippen molar-refractivity contribution >= 4 is 17.4 Å². The first-order valence-electron chi connectivity index (χ1n) is 4.75. The van der Waals surface area contributed by atoms with Gasteiger partial charge in [-0.15, -0.1) is 6.42 Å².